The molecule has 2 aliphatic rings. The van der Waals surface area contributed by atoms with Gasteiger partial charge in [0.2, 0.25) is 0 Å². The molecule has 2 fully saturated rings. The summed E-state index contributed by atoms with van der Waals surface area (Å²) in [7, 11) is 0. The average Bonchev–Trinajstić information content (AvgIpc) is 2.99. The summed E-state index contributed by atoms with van der Waals surface area (Å²) in [5, 5.41) is 10.3. The van der Waals surface area contributed by atoms with Gasteiger partial charge in [0.25, 0.3) is 0 Å². The second kappa shape index (κ2) is 4.49. The van der Waals surface area contributed by atoms with Gasteiger partial charge in [-0.05, 0) is 30.9 Å². The first kappa shape index (κ1) is 12.9. The topological polar surface area (TPSA) is 29.5 Å². The molecule has 1 N–H and O–H groups in total. The van der Waals surface area contributed by atoms with Crippen LogP contribution in [0.3, 0.4) is 0 Å². The van der Waals surface area contributed by atoms with Crippen molar-refractivity contribution in [1.82, 2.24) is 0 Å². The molecule has 2 aliphatic heterocycles. The first-order chi connectivity index (χ1) is 8.97. The van der Waals surface area contributed by atoms with E-state index in [2.05, 4.69) is 0 Å². The molecule has 2 nitrogen and oxygen atoms in total. The number of halogens is 3. The van der Waals surface area contributed by atoms with Crippen molar-refractivity contribution in [3.63, 3.8) is 0 Å². The minimum Gasteiger partial charge on any atom is -0.388 e. The Kier molecular flexibility index (Phi) is 3.06. The van der Waals surface area contributed by atoms with Gasteiger partial charge in [0.1, 0.15) is 0 Å². The second-order valence-corrected chi connectivity index (χ2v) is 5.30. The van der Waals surface area contributed by atoms with Crippen LogP contribution in [0.15, 0.2) is 24.3 Å². The third kappa shape index (κ3) is 2.25. The van der Waals surface area contributed by atoms with Gasteiger partial charge >= 0.3 is 6.18 Å². The lowest BCUT2D eigenvalue weighted by Gasteiger charge is -2.26. The molecule has 1 aromatic carbocycles. The van der Waals surface area contributed by atoms with E-state index in [0.29, 0.717) is 6.42 Å². The highest BCUT2D eigenvalue weighted by Crippen LogP contribution is 2.46. The maximum absolute atomic E-state index is 12.9. The van der Waals surface area contributed by atoms with Crippen molar-refractivity contribution in [2.45, 2.75) is 43.8 Å². The fraction of sp³-hybridized carbons (Fsp3) is 0.571. The summed E-state index contributed by atoms with van der Waals surface area (Å²) >= 11 is 0. The number of ether oxygens (including phenoxy) is 1. The molecule has 0 aliphatic carbocycles. The van der Waals surface area contributed by atoms with E-state index in [9.17, 15) is 18.3 Å². The largest absolute Gasteiger partial charge is 0.416 e. The predicted octanol–water partition coefficient (Wildman–Crippen LogP) is 3.31. The molecule has 2 saturated heterocycles. The van der Waals surface area contributed by atoms with Gasteiger partial charge in [-0.25, -0.2) is 0 Å². The zero-order valence-corrected chi connectivity index (χ0v) is 10.2. The van der Waals surface area contributed by atoms with Crippen LogP contribution in [0.1, 0.15) is 36.5 Å². The van der Waals surface area contributed by atoms with Crippen LogP contribution < -0.4 is 0 Å². The molecule has 1 aromatic rings. The van der Waals surface area contributed by atoms with Crippen molar-refractivity contribution in [2.75, 3.05) is 0 Å². The summed E-state index contributed by atoms with van der Waals surface area (Å²) in [5.74, 6) is -0.220. The van der Waals surface area contributed by atoms with Gasteiger partial charge < -0.3 is 9.84 Å². The number of aliphatic hydroxyl groups is 1. The van der Waals surface area contributed by atoms with Crippen molar-refractivity contribution in [2.24, 2.45) is 5.92 Å². The van der Waals surface area contributed by atoms with Gasteiger partial charge in [0, 0.05) is 5.92 Å². The normalized spacial score (nSPS) is 31.7. The minimum atomic E-state index is -4.43. The van der Waals surface area contributed by atoms with E-state index in [-0.39, 0.29) is 23.7 Å². The average molecular weight is 272 g/mol. The molecule has 0 radical (unpaired) electrons. The molecular formula is C14H15F3O2. The molecule has 4 unspecified atom stereocenters. The third-order valence-corrected chi connectivity index (χ3v) is 4.14. The van der Waals surface area contributed by atoms with Crippen LogP contribution >= 0.6 is 0 Å². The number of benzene rings is 1. The number of aliphatic hydroxyl groups excluding tert-OH is 1. The number of fused-ring (bicyclic) bond motifs is 2. The molecule has 3 rings (SSSR count). The lowest BCUT2D eigenvalue weighted by Crippen LogP contribution is -2.25. The van der Waals surface area contributed by atoms with E-state index >= 15 is 0 Å². The maximum atomic E-state index is 12.9. The molecule has 0 aromatic heterocycles. The SMILES string of the molecule is OC(c1ccccc1C(F)(F)F)C1CC2CCC1O2. The number of hydrogen-bond acceptors (Lipinski definition) is 2. The Morgan fingerprint density at radius 2 is 1.95 bits per heavy atom. The zero-order chi connectivity index (χ0) is 13.6. The van der Waals surface area contributed by atoms with E-state index in [0.717, 1.165) is 18.9 Å². The molecule has 0 saturated carbocycles. The van der Waals surface area contributed by atoms with Crippen molar-refractivity contribution in [3.05, 3.63) is 35.4 Å². The lowest BCUT2D eigenvalue weighted by atomic mass is 9.81. The van der Waals surface area contributed by atoms with Gasteiger partial charge in [-0.1, -0.05) is 18.2 Å². The Labute approximate surface area is 109 Å². The van der Waals surface area contributed by atoms with Crippen molar-refractivity contribution in [3.8, 4) is 0 Å². The van der Waals surface area contributed by atoms with Crippen molar-refractivity contribution < 1.29 is 23.0 Å². The molecule has 104 valence electrons. The van der Waals surface area contributed by atoms with E-state index < -0.39 is 17.8 Å². The smallest absolute Gasteiger partial charge is 0.388 e. The summed E-state index contributed by atoms with van der Waals surface area (Å²) in [6, 6.07) is 5.25. The second-order valence-electron chi connectivity index (χ2n) is 5.30. The Bertz CT molecular complexity index is 472. The molecule has 0 amide bonds. The van der Waals surface area contributed by atoms with Crippen LogP contribution in [0.2, 0.25) is 0 Å². The van der Waals surface area contributed by atoms with Gasteiger partial charge in [-0.15, -0.1) is 0 Å². The highest BCUT2D eigenvalue weighted by atomic mass is 19.4. The summed E-state index contributed by atoms with van der Waals surface area (Å²) in [6.45, 7) is 0. The maximum Gasteiger partial charge on any atom is 0.416 e. The van der Waals surface area contributed by atoms with Crippen LogP contribution in [0.25, 0.3) is 0 Å². The molecule has 0 spiro atoms. The molecule has 2 heterocycles. The Balaban J connectivity index is 1.90. The monoisotopic (exact) mass is 272 g/mol. The van der Waals surface area contributed by atoms with Crippen LogP contribution in [0.4, 0.5) is 13.2 Å². The van der Waals surface area contributed by atoms with Crippen LogP contribution in [-0.2, 0) is 10.9 Å². The number of alkyl halides is 3. The Hall–Kier alpha value is -1.07. The number of rotatable bonds is 2. The van der Waals surface area contributed by atoms with Crippen LogP contribution in [-0.4, -0.2) is 17.3 Å². The van der Waals surface area contributed by atoms with Gasteiger partial charge in [0.15, 0.2) is 0 Å². The van der Waals surface area contributed by atoms with E-state index in [4.69, 9.17) is 4.74 Å². The predicted molar refractivity (Wildman–Crippen MR) is 62.4 cm³/mol. The van der Waals surface area contributed by atoms with Gasteiger partial charge in [0.05, 0.1) is 23.9 Å². The van der Waals surface area contributed by atoms with Crippen LogP contribution in [0, 0.1) is 5.92 Å². The fourth-order valence-electron chi connectivity index (χ4n) is 3.25. The number of hydrogen-bond donors (Lipinski definition) is 1. The van der Waals surface area contributed by atoms with Crippen molar-refractivity contribution >= 4 is 0 Å². The molecule has 19 heavy (non-hydrogen) atoms. The highest BCUT2D eigenvalue weighted by Gasteiger charge is 2.46. The molecule has 5 heteroatoms. The summed E-state index contributed by atoms with van der Waals surface area (Å²) < 4.78 is 44.4. The summed E-state index contributed by atoms with van der Waals surface area (Å²) in [5.41, 5.74) is -0.776. The zero-order valence-electron chi connectivity index (χ0n) is 10.2. The Morgan fingerprint density at radius 1 is 1.21 bits per heavy atom. The van der Waals surface area contributed by atoms with E-state index in [1.165, 1.54) is 18.2 Å². The first-order valence-corrected chi connectivity index (χ1v) is 6.46. The standard InChI is InChI=1S/C14H15F3O2/c15-14(16,17)11-4-2-1-3-9(11)13(18)10-7-8-5-6-12(10)19-8/h1-4,8,10,12-13,18H,5-7H2. The molecule has 2 bridgehead atoms. The van der Waals surface area contributed by atoms with E-state index in [1.54, 1.807) is 0 Å². The molecular weight excluding hydrogens is 257 g/mol. The summed E-state index contributed by atoms with van der Waals surface area (Å²) in [6.07, 6.45) is -3.08. The van der Waals surface area contributed by atoms with Gasteiger partial charge in [-0.2, -0.15) is 13.2 Å². The third-order valence-electron chi connectivity index (χ3n) is 4.14. The van der Waals surface area contributed by atoms with Crippen molar-refractivity contribution in [1.29, 1.82) is 0 Å². The lowest BCUT2D eigenvalue weighted by molar-refractivity contribution is -0.139. The van der Waals surface area contributed by atoms with Crippen LogP contribution in [0.5, 0.6) is 0 Å². The van der Waals surface area contributed by atoms with E-state index in [1.807, 2.05) is 0 Å². The quantitative estimate of drug-likeness (QED) is 0.895. The first-order valence-electron chi connectivity index (χ1n) is 6.46. The highest BCUT2D eigenvalue weighted by molar-refractivity contribution is 5.32. The van der Waals surface area contributed by atoms with Gasteiger partial charge in [-0.3, -0.25) is 0 Å². The fourth-order valence-corrected chi connectivity index (χ4v) is 3.25. The minimum absolute atomic E-state index is 0.0313. The molecule has 4 atom stereocenters. The summed E-state index contributed by atoms with van der Waals surface area (Å²) in [4.78, 5) is 0. The Morgan fingerprint density at radius 3 is 2.53 bits per heavy atom.